The number of aryl methyl sites for hydroxylation is 1. The highest BCUT2D eigenvalue weighted by molar-refractivity contribution is 5.72. The smallest absolute Gasteiger partial charge is 0.240 e. The van der Waals surface area contributed by atoms with Gasteiger partial charge in [0.1, 0.15) is 11.9 Å². The molecule has 8 heteroatoms. The summed E-state index contributed by atoms with van der Waals surface area (Å²) in [6.07, 6.45) is 4.39. The third-order valence-electron chi connectivity index (χ3n) is 3.85. The maximum absolute atomic E-state index is 11.1. The number of nitrogens with one attached hydrogen (secondary N) is 1. The minimum Gasteiger partial charge on any atom is -0.487 e. The van der Waals surface area contributed by atoms with E-state index in [1.54, 1.807) is 12.4 Å². The van der Waals surface area contributed by atoms with Gasteiger partial charge >= 0.3 is 0 Å². The zero-order chi connectivity index (χ0) is 16.9. The average molecular weight is 331 g/mol. The second kappa shape index (κ2) is 7.39. The maximum atomic E-state index is 11.1. The zero-order valence-corrected chi connectivity index (χ0v) is 13.9. The quantitative estimate of drug-likeness (QED) is 0.846. The fraction of sp³-hybridized carbons (Fsp3) is 0.500. The van der Waals surface area contributed by atoms with E-state index < -0.39 is 0 Å². The van der Waals surface area contributed by atoms with Crippen LogP contribution in [0.5, 0.6) is 5.75 Å². The topological polar surface area (TPSA) is 93.4 Å². The summed E-state index contributed by atoms with van der Waals surface area (Å²) in [5.74, 6) is 1.92. The summed E-state index contributed by atoms with van der Waals surface area (Å²) in [4.78, 5) is 21.7. The molecule has 0 aliphatic carbocycles. The number of amides is 1. The Morgan fingerprint density at radius 1 is 1.54 bits per heavy atom. The predicted molar refractivity (Wildman–Crippen MR) is 85.1 cm³/mol. The highest BCUT2D eigenvalue weighted by atomic mass is 16.5. The number of rotatable bonds is 6. The first-order valence-corrected chi connectivity index (χ1v) is 7.95. The lowest BCUT2D eigenvalue weighted by Crippen LogP contribution is -2.25. The van der Waals surface area contributed by atoms with E-state index in [2.05, 4.69) is 25.3 Å². The van der Waals surface area contributed by atoms with Crippen LogP contribution in [0.4, 0.5) is 0 Å². The van der Waals surface area contributed by atoms with Crippen LogP contribution in [0.15, 0.2) is 23.0 Å². The maximum Gasteiger partial charge on any atom is 0.240 e. The summed E-state index contributed by atoms with van der Waals surface area (Å²) in [5.41, 5.74) is 0.922. The molecule has 128 valence electrons. The molecule has 8 nitrogen and oxygen atoms in total. The molecule has 1 N–H and O–H groups in total. The predicted octanol–water partition coefficient (Wildman–Crippen LogP) is 1.06. The molecule has 0 radical (unpaired) electrons. The molecule has 1 aliphatic heterocycles. The van der Waals surface area contributed by atoms with Gasteiger partial charge in [-0.2, -0.15) is 4.98 Å². The third kappa shape index (κ3) is 4.29. The molecule has 1 saturated heterocycles. The van der Waals surface area contributed by atoms with E-state index in [-0.39, 0.29) is 12.0 Å². The Kier molecular flexibility index (Phi) is 5.05. The number of pyridine rings is 1. The van der Waals surface area contributed by atoms with E-state index >= 15 is 0 Å². The highest BCUT2D eigenvalue weighted by Crippen LogP contribution is 2.22. The van der Waals surface area contributed by atoms with Crippen molar-refractivity contribution < 1.29 is 14.1 Å². The first kappa shape index (κ1) is 16.4. The van der Waals surface area contributed by atoms with Crippen LogP contribution in [0.2, 0.25) is 0 Å². The normalized spacial score (nSPS) is 17.8. The van der Waals surface area contributed by atoms with Crippen LogP contribution in [-0.4, -0.2) is 45.1 Å². The Bertz CT molecular complexity index is 703. The average Bonchev–Trinajstić information content (AvgIpc) is 3.16. The molecule has 2 aromatic heterocycles. The summed E-state index contributed by atoms with van der Waals surface area (Å²) < 4.78 is 11.2. The summed E-state index contributed by atoms with van der Waals surface area (Å²) in [6, 6.07) is 1.86. The van der Waals surface area contributed by atoms with E-state index in [9.17, 15) is 4.79 Å². The summed E-state index contributed by atoms with van der Waals surface area (Å²) in [7, 11) is 0. The largest absolute Gasteiger partial charge is 0.487 e. The Labute approximate surface area is 140 Å². The van der Waals surface area contributed by atoms with Crippen LogP contribution in [0.25, 0.3) is 0 Å². The summed E-state index contributed by atoms with van der Waals surface area (Å²) >= 11 is 0. The SMILES string of the molecule is CC(=O)NCc1ccncc1O[C@H]1CCN(Cc2nc(C)no2)C1. The lowest BCUT2D eigenvalue weighted by Gasteiger charge is -2.17. The minimum absolute atomic E-state index is 0.0698. The van der Waals surface area contributed by atoms with Crippen molar-refractivity contribution in [1.82, 2.24) is 25.3 Å². The Hall–Kier alpha value is -2.48. The Morgan fingerprint density at radius 2 is 2.42 bits per heavy atom. The molecular weight excluding hydrogens is 310 g/mol. The van der Waals surface area contributed by atoms with Crippen molar-refractivity contribution in [3.05, 3.63) is 35.7 Å². The molecule has 0 aromatic carbocycles. The number of aromatic nitrogens is 3. The van der Waals surface area contributed by atoms with Crippen LogP contribution in [0.3, 0.4) is 0 Å². The monoisotopic (exact) mass is 331 g/mol. The van der Waals surface area contributed by atoms with Gasteiger partial charge in [0.05, 0.1) is 12.7 Å². The second-order valence-corrected chi connectivity index (χ2v) is 5.89. The van der Waals surface area contributed by atoms with Gasteiger partial charge in [0, 0.05) is 38.3 Å². The van der Waals surface area contributed by atoms with Gasteiger partial charge in [0.2, 0.25) is 11.8 Å². The first-order valence-electron chi connectivity index (χ1n) is 7.95. The van der Waals surface area contributed by atoms with Crippen LogP contribution in [-0.2, 0) is 17.9 Å². The second-order valence-electron chi connectivity index (χ2n) is 5.89. The van der Waals surface area contributed by atoms with Crippen molar-refractivity contribution >= 4 is 5.91 Å². The van der Waals surface area contributed by atoms with Gasteiger partial charge in [-0.3, -0.25) is 14.7 Å². The highest BCUT2D eigenvalue weighted by Gasteiger charge is 2.26. The van der Waals surface area contributed by atoms with Crippen molar-refractivity contribution in [3.63, 3.8) is 0 Å². The summed E-state index contributed by atoms with van der Waals surface area (Å²) in [5, 5.41) is 6.59. The van der Waals surface area contributed by atoms with Gasteiger partial charge < -0.3 is 14.6 Å². The molecule has 1 aliphatic rings. The van der Waals surface area contributed by atoms with Crippen molar-refractivity contribution in [1.29, 1.82) is 0 Å². The van der Waals surface area contributed by atoms with E-state index in [0.717, 1.165) is 25.1 Å². The van der Waals surface area contributed by atoms with Gasteiger partial charge in [-0.25, -0.2) is 0 Å². The number of hydrogen-bond donors (Lipinski definition) is 1. The Balaban J connectivity index is 1.56. The van der Waals surface area contributed by atoms with Crippen molar-refractivity contribution in [2.45, 2.75) is 39.5 Å². The molecule has 1 amide bonds. The number of hydrogen-bond acceptors (Lipinski definition) is 7. The Morgan fingerprint density at radius 3 is 3.17 bits per heavy atom. The number of carbonyl (C=O) groups is 1. The molecule has 1 fully saturated rings. The molecule has 0 spiro atoms. The molecular formula is C16H21N5O3. The van der Waals surface area contributed by atoms with Crippen LogP contribution in [0, 0.1) is 6.92 Å². The van der Waals surface area contributed by atoms with Crippen molar-refractivity contribution in [2.24, 2.45) is 0 Å². The van der Waals surface area contributed by atoms with Gasteiger partial charge in [0.15, 0.2) is 5.82 Å². The standard InChI is InChI=1S/C16H21N5O3/c1-11-19-16(24-20-11)10-21-6-4-14(9-21)23-15-8-17-5-3-13(15)7-18-12(2)22/h3,5,8,14H,4,6-7,9-10H2,1-2H3,(H,18,22)/t14-/m0/s1. The van der Waals surface area contributed by atoms with E-state index in [0.29, 0.717) is 30.6 Å². The molecule has 2 aromatic rings. The fourth-order valence-corrected chi connectivity index (χ4v) is 2.69. The number of ether oxygens (including phenoxy) is 1. The summed E-state index contributed by atoms with van der Waals surface area (Å²) in [6.45, 7) is 6.07. The molecule has 3 heterocycles. The van der Waals surface area contributed by atoms with E-state index in [1.807, 2.05) is 13.0 Å². The molecule has 0 saturated carbocycles. The van der Waals surface area contributed by atoms with Gasteiger partial charge in [0.25, 0.3) is 0 Å². The number of carbonyl (C=O) groups excluding carboxylic acids is 1. The molecule has 1 atom stereocenters. The van der Waals surface area contributed by atoms with Crippen molar-refractivity contribution in [2.75, 3.05) is 13.1 Å². The van der Waals surface area contributed by atoms with E-state index in [4.69, 9.17) is 9.26 Å². The van der Waals surface area contributed by atoms with Crippen molar-refractivity contribution in [3.8, 4) is 5.75 Å². The first-order chi connectivity index (χ1) is 11.6. The third-order valence-corrected chi connectivity index (χ3v) is 3.85. The zero-order valence-electron chi connectivity index (χ0n) is 13.9. The molecule has 24 heavy (non-hydrogen) atoms. The number of nitrogens with zero attached hydrogens (tertiary/aromatic N) is 4. The van der Waals surface area contributed by atoms with Crippen LogP contribution in [0.1, 0.15) is 30.6 Å². The van der Waals surface area contributed by atoms with Crippen LogP contribution < -0.4 is 10.1 Å². The lowest BCUT2D eigenvalue weighted by molar-refractivity contribution is -0.119. The molecule has 0 unspecified atom stereocenters. The lowest BCUT2D eigenvalue weighted by atomic mass is 10.2. The number of likely N-dealkylation sites (tertiary alicyclic amines) is 1. The minimum atomic E-state index is -0.0698. The van der Waals surface area contributed by atoms with Gasteiger partial charge in [-0.05, 0) is 19.4 Å². The van der Waals surface area contributed by atoms with Gasteiger partial charge in [-0.1, -0.05) is 5.16 Å². The molecule has 0 bridgehead atoms. The fourth-order valence-electron chi connectivity index (χ4n) is 2.69. The van der Waals surface area contributed by atoms with Crippen LogP contribution >= 0.6 is 0 Å². The van der Waals surface area contributed by atoms with Gasteiger partial charge in [-0.15, -0.1) is 0 Å². The molecule has 3 rings (SSSR count). The van der Waals surface area contributed by atoms with E-state index in [1.165, 1.54) is 6.92 Å².